The maximum Gasteiger partial charge on any atom is 0.308 e. The van der Waals surface area contributed by atoms with Gasteiger partial charge in [0.05, 0.1) is 10.9 Å². The van der Waals surface area contributed by atoms with Crippen LogP contribution >= 0.6 is 11.6 Å². The number of pyridine rings is 1. The summed E-state index contributed by atoms with van der Waals surface area (Å²) in [5.41, 5.74) is 0. The lowest BCUT2D eigenvalue weighted by Gasteiger charge is -2.07. The Labute approximate surface area is 104 Å². The maximum atomic E-state index is 11.4. The van der Waals surface area contributed by atoms with E-state index < -0.39 is 11.9 Å². The zero-order valence-corrected chi connectivity index (χ0v) is 10.3. The van der Waals surface area contributed by atoms with Crippen molar-refractivity contribution in [2.75, 3.05) is 11.9 Å². The number of hydrogen-bond donors (Lipinski definition) is 1. The van der Waals surface area contributed by atoms with E-state index in [2.05, 4.69) is 10.3 Å². The fourth-order valence-corrected chi connectivity index (χ4v) is 1.04. The Kier molecular flexibility index (Phi) is 4.90. The highest BCUT2D eigenvalue weighted by Crippen LogP contribution is 2.09. The Balaban J connectivity index is 2.40. The minimum absolute atomic E-state index is 0.253. The lowest BCUT2D eigenvalue weighted by molar-refractivity contribution is -0.150. The van der Waals surface area contributed by atoms with E-state index in [4.69, 9.17) is 16.3 Å². The largest absolute Gasteiger partial charge is 0.455 e. The molecule has 6 heteroatoms. The summed E-state index contributed by atoms with van der Waals surface area (Å²) < 4.78 is 4.76. The molecular formula is C11H13ClN2O3. The van der Waals surface area contributed by atoms with Crippen LogP contribution in [0.15, 0.2) is 18.3 Å². The van der Waals surface area contributed by atoms with Crippen LogP contribution in [0.4, 0.5) is 5.82 Å². The van der Waals surface area contributed by atoms with Gasteiger partial charge in [0.1, 0.15) is 5.82 Å². The molecule has 0 aromatic carbocycles. The lowest BCUT2D eigenvalue weighted by atomic mass is 10.2. The van der Waals surface area contributed by atoms with Crippen molar-refractivity contribution in [3.63, 3.8) is 0 Å². The van der Waals surface area contributed by atoms with Crippen molar-refractivity contribution in [3.8, 4) is 0 Å². The van der Waals surface area contributed by atoms with E-state index >= 15 is 0 Å². The van der Waals surface area contributed by atoms with E-state index in [0.29, 0.717) is 10.8 Å². The SMILES string of the molecule is CC(C)C(=O)OCC(=O)Nc1ccc(Cl)cn1. The number of nitrogens with zero attached hydrogens (tertiary/aromatic N) is 1. The quantitative estimate of drug-likeness (QED) is 0.835. The number of rotatable bonds is 4. The van der Waals surface area contributed by atoms with Crippen molar-refractivity contribution >= 4 is 29.3 Å². The van der Waals surface area contributed by atoms with Crippen molar-refractivity contribution in [1.29, 1.82) is 0 Å². The number of carbonyl (C=O) groups excluding carboxylic acids is 2. The molecule has 1 rings (SSSR count). The Morgan fingerprint density at radius 3 is 2.71 bits per heavy atom. The molecule has 0 bridgehead atoms. The second-order valence-electron chi connectivity index (χ2n) is 3.67. The first-order chi connectivity index (χ1) is 7.99. The number of aromatic nitrogens is 1. The van der Waals surface area contributed by atoms with Crippen LogP contribution in [0.25, 0.3) is 0 Å². The summed E-state index contributed by atoms with van der Waals surface area (Å²) in [5.74, 6) is -0.741. The van der Waals surface area contributed by atoms with E-state index in [0.717, 1.165) is 0 Å². The van der Waals surface area contributed by atoms with Crippen LogP contribution in [-0.2, 0) is 14.3 Å². The monoisotopic (exact) mass is 256 g/mol. The van der Waals surface area contributed by atoms with Gasteiger partial charge in [-0.25, -0.2) is 4.98 Å². The standard InChI is InChI=1S/C11H13ClN2O3/c1-7(2)11(16)17-6-10(15)14-9-4-3-8(12)5-13-9/h3-5,7H,6H2,1-2H3,(H,13,14,15). The van der Waals surface area contributed by atoms with Gasteiger partial charge in [-0.2, -0.15) is 0 Å². The van der Waals surface area contributed by atoms with E-state index in [9.17, 15) is 9.59 Å². The van der Waals surface area contributed by atoms with Gasteiger partial charge in [-0.3, -0.25) is 9.59 Å². The van der Waals surface area contributed by atoms with Crippen LogP contribution in [0, 0.1) is 5.92 Å². The molecule has 0 aliphatic rings. The summed E-state index contributed by atoms with van der Waals surface area (Å²) in [6.45, 7) is 3.07. The summed E-state index contributed by atoms with van der Waals surface area (Å²) in [4.78, 5) is 26.3. The maximum absolute atomic E-state index is 11.4. The summed E-state index contributed by atoms with van der Waals surface area (Å²) in [6, 6.07) is 3.16. The number of carbonyl (C=O) groups is 2. The molecule has 0 fully saturated rings. The highest BCUT2D eigenvalue weighted by molar-refractivity contribution is 6.30. The van der Waals surface area contributed by atoms with Gasteiger partial charge in [-0.1, -0.05) is 25.4 Å². The van der Waals surface area contributed by atoms with Crippen LogP contribution in [0.3, 0.4) is 0 Å². The predicted octanol–water partition coefficient (Wildman–Crippen LogP) is 1.87. The molecule has 1 aromatic heterocycles. The van der Waals surface area contributed by atoms with Gasteiger partial charge in [-0.15, -0.1) is 0 Å². The van der Waals surface area contributed by atoms with Crippen molar-refractivity contribution in [2.45, 2.75) is 13.8 Å². The number of anilines is 1. The summed E-state index contributed by atoms with van der Waals surface area (Å²) in [7, 11) is 0. The molecule has 0 unspecified atom stereocenters. The number of amides is 1. The third-order valence-electron chi connectivity index (χ3n) is 1.81. The summed E-state index contributed by atoms with van der Waals surface area (Å²) in [6.07, 6.45) is 1.41. The number of esters is 1. The van der Waals surface area contributed by atoms with E-state index in [1.165, 1.54) is 6.20 Å². The Morgan fingerprint density at radius 1 is 1.47 bits per heavy atom. The highest BCUT2D eigenvalue weighted by Gasteiger charge is 2.11. The number of ether oxygens (including phenoxy) is 1. The van der Waals surface area contributed by atoms with Crippen LogP contribution in [0.1, 0.15) is 13.8 Å². The second kappa shape index (κ2) is 6.20. The number of halogens is 1. The van der Waals surface area contributed by atoms with Gasteiger partial charge in [-0.05, 0) is 12.1 Å². The molecule has 1 amide bonds. The normalized spacial score (nSPS) is 10.1. The average molecular weight is 257 g/mol. The van der Waals surface area contributed by atoms with Gasteiger partial charge in [0.2, 0.25) is 0 Å². The molecule has 5 nitrogen and oxygen atoms in total. The zero-order chi connectivity index (χ0) is 12.8. The Bertz CT molecular complexity index is 404. The third kappa shape index (κ3) is 4.82. The second-order valence-corrected chi connectivity index (χ2v) is 4.11. The average Bonchev–Trinajstić information content (AvgIpc) is 2.29. The Hall–Kier alpha value is -1.62. The summed E-state index contributed by atoms with van der Waals surface area (Å²) >= 11 is 5.64. The molecule has 1 N–H and O–H groups in total. The summed E-state index contributed by atoms with van der Waals surface area (Å²) in [5, 5.41) is 2.96. The molecule has 0 saturated heterocycles. The minimum Gasteiger partial charge on any atom is -0.455 e. The smallest absolute Gasteiger partial charge is 0.308 e. The van der Waals surface area contributed by atoms with Gasteiger partial charge >= 0.3 is 5.97 Å². The lowest BCUT2D eigenvalue weighted by Crippen LogP contribution is -2.23. The molecule has 1 heterocycles. The fraction of sp³-hybridized carbons (Fsp3) is 0.364. The fourth-order valence-electron chi connectivity index (χ4n) is 0.932. The van der Waals surface area contributed by atoms with Gasteiger partial charge in [0.15, 0.2) is 6.61 Å². The van der Waals surface area contributed by atoms with Crippen LogP contribution in [0.2, 0.25) is 5.02 Å². The molecular weight excluding hydrogens is 244 g/mol. The van der Waals surface area contributed by atoms with Crippen molar-refractivity contribution < 1.29 is 14.3 Å². The van der Waals surface area contributed by atoms with E-state index in [1.54, 1.807) is 26.0 Å². The highest BCUT2D eigenvalue weighted by atomic mass is 35.5. The third-order valence-corrected chi connectivity index (χ3v) is 2.04. The van der Waals surface area contributed by atoms with Crippen molar-refractivity contribution in [3.05, 3.63) is 23.4 Å². The molecule has 0 aliphatic heterocycles. The first-order valence-electron chi connectivity index (χ1n) is 5.07. The van der Waals surface area contributed by atoms with E-state index in [1.807, 2.05) is 0 Å². The van der Waals surface area contributed by atoms with Crippen LogP contribution < -0.4 is 5.32 Å². The molecule has 92 valence electrons. The zero-order valence-electron chi connectivity index (χ0n) is 9.57. The molecule has 0 aliphatic carbocycles. The molecule has 0 atom stereocenters. The predicted molar refractivity (Wildman–Crippen MR) is 63.7 cm³/mol. The first-order valence-corrected chi connectivity index (χ1v) is 5.45. The Morgan fingerprint density at radius 2 is 2.18 bits per heavy atom. The van der Waals surface area contributed by atoms with Crippen molar-refractivity contribution in [2.24, 2.45) is 5.92 Å². The molecule has 0 radical (unpaired) electrons. The van der Waals surface area contributed by atoms with E-state index in [-0.39, 0.29) is 12.5 Å². The molecule has 17 heavy (non-hydrogen) atoms. The first kappa shape index (κ1) is 13.4. The van der Waals surface area contributed by atoms with Gasteiger partial charge in [0.25, 0.3) is 5.91 Å². The molecule has 0 spiro atoms. The minimum atomic E-state index is -0.436. The molecule has 0 saturated carbocycles. The molecule has 1 aromatic rings. The van der Waals surface area contributed by atoms with Crippen LogP contribution in [-0.4, -0.2) is 23.5 Å². The van der Waals surface area contributed by atoms with Crippen molar-refractivity contribution in [1.82, 2.24) is 4.98 Å². The number of nitrogens with one attached hydrogen (secondary N) is 1. The topological polar surface area (TPSA) is 68.3 Å². The number of hydrogen-bond acceptors (Lipinski definition) is 4. The van der Waals surface area contributed by atoms with Gasteiger partial charge < -0.3 is 10.1 Å². The van der Waals surface area contributed by atoms with Crippen LogP contribution in [0.5, 0.6) is 0 Å². The van der Waals surface area contributed by atoms with Gasteiger partial charge in [0, 0.05) is 6.20 Å².